The highest BCUT2D eigenvalue weighted by molar-refractivity contribution is 7.98. The number of nitrogen functional groups attached to an aromatic ring is 1. The van der Waals surface area contributed by atoms with Crippen molar-refractivity contribution in [3.05, 3.63) is 29.5 Å². The maximum atomic E-state index is 11.6. The Morgan fingerprint density at radius 2 is 2.21 bits per heavy atom. The number of oxazole rings is 1. The van der Waals surface area contributed by atoms with Gasteiger partial charge in [-0.05, 0) is 30.9 Å². The molecule has 0 amide bonds. The number of carbonyl (C=O) groups excluding carboxylic acids is 1. The molecule has 0 atom stereocenters. The van der Waals surface area contributed by atoms with E-state index in [0.717, 1.165) is 11.1 Å². The van der Waals surface area contributed by atoms with Gasteiger partial charge in [0.25, 0.3) is 0 Å². The first-order valence-corrected chi connectivity index (χ1v) is 6.79. The number of esters is 1. The van der Waals surface area contributed by atoms with E-state index in [2.05, 4.69) is 9.72 Å². The highest BCUT2D eigenvalue weighted by Crippen LogP contribution is 2.31. The van der Waals surface area contributed by atoms with E-state index in [4.69, 9.17) is 10.2 Å². The first kappa shape index (κ1) is 13.5. The highest BCUT2D eigenvalue weighted by Gasteiger charge is 2.21. The van der Waals surface area contributed by atoms with Gasteiger partial charge in [-0.1, -0.05) is 17.8 Å². The number of anilines is 1. The molecule has 1 heterocycles. The molecular weight excluding hydrogens is 264 g/mol. The lowest BCUT2D eigenvalue weighted by atomic mass is 10.1. The van der Waals surface area contributed by atoms with Gasteiger partial charge < -0.3 is 14.9 Å². The molecule has 1 aromatic heterocycles. The Morgan fingerprint density at radius 3 is 2.84 bits per heavy atom. The van der Waals surface area contributed by atoms with Gasteiger partial charge in [0.2, 0.25) is 11.6 Å². The van der Waals surface area contributed by atoms with Crippen LogP contribution in [0.25, 0.3) is 11.5 Å². The zero-order valence-corrected chi connectivity index (χ0v) is 11.7. The van der Waals surface area contributed by atoms with Crippen LogP contribution in [-0.4, -0.2) is 24.3 Å². The summed E-state index contributed by atoms with van der Waals surface area (Å²) < 4.78 is 10.3. The molecule has 0 aliphatic heterocycles. The van der Waals surface area contributed by atoms with E-state index < -0.39 is 5.97 Å². The van der Waals surface area contributed by atoms with Crippen molar-refractivity contribution in [3.8, 4) is 11.5 Å². The quantitative estimate of drug-likeness (QED) is 0.528. The number of methoxy groups -OCH3 is 1. The van der Waals surface area contributed by atoms with Crippen LogP contribution in [0.1, 0.15) is 16.1 Å². The SMILES string of the molecule is COC(=O)c1nc(-c2cccc(N)c2C)oc1SC. The van der Waals surface area contributed by atoms with Crippen LogP contribution in [-0.2, 0) is 4.74 Å². The van der Waals surface area contributed by atoms with E-state index in [0.29, 0.717) is 16.7 Å². The van der Waals surface area contributed by atoms with E-state index in [-0.39, 0.29) is 5.69 Å². The number of thioether (sulfide) groups is 1. The molecule has 0 fully saturated rings. The van der Waals surface area contributed by atoms with Gasteiger partial charge in [-0.25, -0.2) is 9.78 Å². The minimum Gasteiger partial charge on any atom is -0.464 e. The van der Waals surface area contributed by atoms with Gasteiger partial charge in [0.05, 0.1) is 7.11 Å². The van der Waals surface area contributed by atoms with Crippen LogP contribution in [0, 0.1) is 6.92 Å². The summed E-state index contributed by atoms with van der Waals surface area (Å²) in [4.78, 5) is 15.8. The molecule has 1 aromatic carbocycles. The summed E-state index contributed by atoms with van der Waals surface area (Å²) in [7, 11) is 1.31. The number of carbonyl (C=O) groups is 1. The number of nitrogens with zero attached hydrogens (tertiary/aromatic N) is 1. The molecule has 0 bridgehead atoms. The van der Waals surface area contributed by atoms with Gasteiger partial charge in [0.15, 0.2) is 5.09 Å². The molecule has 0 unspecified atom stereocenters. The normalized spacial score (nSPS) is 10.5. The maximum absolute atomic E-state index is 11.6. The van der Waals surface area contributed by atoms with Crippen molar-refractivity contribution < 1.29 is 13.9 Å². The summed E-state index contributed by atoms with van der Waals surface area (Å²) in [5.74, 6) is -0.143. The second-order valence-corrected chi connectivity index (χ2v) is 4.65. The molecule has 100 valence electrons. The lowest BCUT2D eigenvalue weighted by Gasteiger charge is -2.03. The minimum atomic E-state index is -0.513. The summed E-state index contributed by atoms with van der Waals surface area (Å²) >= 11 is 1.30. The number of hydrogen-bond donors (Lipinski definition) is 1. The number of aromatic nitrogens is 1. The average Bonchev–Trinajstić information content (AvgIpc) is 2.85. The summed E-state index contributed by atoms with van der Waals surface area (Å²) in [5.41, 5.74) is 8.33. The second-order valence-electron chi connectivity index (χ2n) is 3.87. The summed E-state index contributed by atoms with van der Waals surface area (Å²) in [6.07, 6.45) is 1.81. The third-order valence-electron chi connectivity index (χ3n) is 2.77. The Labute approximate surface area is 115 Å². The number of benzene rings is 1. The lowest BCUT2D eigenvalue weighted by molar-refractivity contribution is 0.0588. The van der Waals surface area contributed by atoms with Crippen LogP contribution in [0.3, 0.4) is 0 Å². The lowest BCUT2D eigenvalue weighted by Crippen LogP contribution is -2.03. The van der Waals surface area contributed by atoms with Crippen LogP contribution in [0.15, 0.2) is 27.7 Å². The van der Waals surface area contributed by atoms with E-state index in [1.54, 1.807) is 6.07 Å². The van der Waals surface area contributed by atoms with Gasteiger partial charge in [0, 0.05) is 11.3 Å². The molecule has 0 radical (unpaired) electrons. The van der Waals surface area contributed by atoms with Crippen molar-refractivity contribution in [3.63, 3.8) is 0 Å². The van der Waals surface area contributed by atoms with Crippen LogP contribution in [0.5, 0.6) is 0 Å². The average molecular weight is 278 g/mol. The van der Waals surface area contributed by atoms with Crippen molar-refractivity contribution in [2.45, 2.75) is 12.0 Å². The van der Waals surface area contributed by atoms with Gasteiger partial charge in [0.1, 0.15) is 0 Å². The second kappa shape index (κ2) is 5.36. The smallest absolute Gasteiger partial charge is 0.361 e. The van der Waals surface area contributed by atoms with Crippen molar-refractivity contribution >= 4 is 23.4 Å². The van der Waals surface area contributed by atoms with Gasteiger partial charge in [-0.2, -0.15) is 0 Å². The van der Waals surface area contributed by atoms with Crippen LogP contribution >= 0.6 is 11.8 Å². The Bertz CT molecular complexity index is 622. The number of hydrogen-bond acceptors (Lipinski definition) is 6. The Balaban J connectivity index is 2.55. The number of rotatable bonds is 3. The molecule has 0 aliphatic carbocycles. The zero-order chi connectivity index (χ0) is 14.0. The summed E-state index contributed by atoms with van der Waals surface area (Å²) in [5, 5.41) is 0.434. The molecule has 0 aliphatic rings. The molecule has 0 saturated heterocycles. The molecule has 0 spiro atoms. The third-order valence-corrected chi connectivity index (χ3v) is 3.41. The molecule has 2 rings (SSSR count). The zero-order valence-electron chi connectivity index (χ0n) is 10.9. The number of nitrogens with two attached hydrogens (primary N) is 1. The molecule has 5 nitrogen and oxygen atoms in total. The minimum absolute atomic E-state index is 0.187. The van der Waals surface area contributed by atoms with E-state index in [1.807, 2.05) is 25.3 Å². The first-order valence-electron chi connectivity index (χ1n) is 5.57. The standard InChI is InChI=1S/C13H14N2O3S/c1-7-8(5-4-6-9(7)14)11-15-10(12(16)17-2)13(18-11)19-3/h4-6H,14H2,1-3H3. The Kier molecular flexibility index (Phi) is 3.80. The maximum Gasteiger partial charge on any atom is 0.361 e. The fraction of sp³-hybridized carbons (Fsp3) is 0.231. The van der Waals surface area contributed by atoms with Crippen LogP contribution < -0.4 is 5.73 Å². The summed E-state index contributed by atoms with van der Waals surface area (Å²) in [6, 6.07) is 5.47. The molecule has 19 heavy (non-hydrogen) atoms. The van der Waals surface area contributed by atoms with Crippen LogP contribution in [0.4, 0.5) is 5.69 Å². The van der Waals surface area contributed by atoms with Gasteiger partial charge in [-0.3, -0.25) is 0 Å². The predicted molar refractivity (Wildman–Crippen MR) is 74.2 cm³/mol. The fourth-order valence-corrected chi connectivity index (χ4v) is 2.16. The molecule has 6 heteroatoms. The first-order chi connectivity index (χ1) is 9.08. The molecule has 2 aromatic rings. The van der Waals surface area contributed by atoms with Gasteiger partial charge in [-0.15, -0.1) is 0 Å². The molecule has 2 N–H and O–H groups in total. The monoisotopic (exact) mass is 278 g/mol. The van der Waals surface area contributed by atoms with E-state index in [1.165, 1.54) is 18.9 Å². The van der Waals surface area contributed by atoms with Crippen molar-refractivity contribution in [1.29, 1.82) is 0 Å². The molecule has 0 saturated carbocycles. The topological polar surface area (TPSA) is 78.3 Å². The van der Waals surface area contributed by atoms with Gasteiger partial charge >= 0.3 is 5.97 Å². The Morgan fingerprint density at radius 1 is 1.47 bits per heavy atom. The largest absolute Gasteiger partial charge is 0.464 e. The van der Waals surface area contributed by atoms with Crippen LogP contribution in [0.2, 0.25) is 0 Å². The van der Waals surface area contributed by atoms with Crippen molar-refractivity contribution in [2.24, 2.45) is 0 Å². The van der Waals surface area contributed by atoms with Crippen molar-refractivity contribution in [1.82, 2.24) is 4.98 Å². The van der Waals surface area contributed by atoms with Crippen molar-refractivity contribution in [2.75, 3.05) is 19.1 Å². The Hall–Kier alpha value is -1.95. The third kappa shape index (κ3) is 2.44. The van der Waals surface area contributed by atoms with E-state index >= 15 is 0 Å². The highest BCUT2D eigenvalue weighted by atomic mass is 32.2. The predicted octanol–water partition coefficient (Wildman–Crippen LogP) is 2.74. The fourth-order valence-electron chi connectivity index (χ4n) is 1.67. The number of ether oxygens (including phenoxy) is 1. The summed E-state index contributed by atoms with van der Waals surface area (Å²) in [6.45, 7) is 1.88. The van der Waals surface area contributed by atoms with E-state index in [9.17, 15) is 4.79 Å². The molecular formula is C13H14N2O3S.